The second-order valence-corrected chi connectivity index (χ2v) is 6.83. The number of hydrogen-bond acceptors (Lipinski definition) is 3. The van der Waals surface area contributed by atoms with E-state index in [4.69, 9.17) is 9.47 Å². The molecule has 0 bridgehead atoms. The lowest BCUT2D eigenvalue weighted by molar-refractivity contribution is 0.354. The predicted octanol–water partition coefficient (Wildman–Crippen LogP) is 3.83. The van der Waals surface area contributed by atoms with Gasteiger partial charge in [0.25, 0.3) is 0 Å². The van der Waals surface area contributed by atoms with Gasteiger partial charge in [-0.25, -0.2) is 0 Å². The van der Waals surface area contributed by atoms with Crippen LogP contribution in [0.3, 0.4) is 0 Å². The molecule has 0 aliphatic heterocycles. The minimum atomic E-state index is 0. The molecule has 1 aliphatic rings. The second-order valence-electron chi connectivity index (χ2n) is 6.83. The topological polar surface area (TPSA) is 54.9 Å². The molecule has 2 aromatic carbocycles. The first kappa shape index (κ1) is 22.3. The molecule has 1 saturated carbocycles. The number of benzene rings is 2. The Kier molecular flexibility index (Phi) is 8.89. The number of rotatable bonds is 8. The number of hydrogen-bond donors (Lipinski definition) is 2. The van der Waals surface area contributed by atoms with E-state index in [0.717, 1.165) is 37.0 Å². The van der Waals surface area contributed by atoms with E-state index >= 15 is 0 Å². The molecule has 2 unspecified atom stereocenters. The number of methoxy groups -OCH3 is 2. The van der Waals surface area contributed by atoms with Crippen LogP contribution in [0.1, 0.15) is 23.5 Å². The van der Waals surface area contributed by atoms with Crippen molar-refractivity contribution in [2.24, 2.45) is 10.9 Å². The van der Waals surface area contributed by atoms with Crippen molar-refractivity contribution in [1.82, 2.24) is 10.6 Å². The molecule has 0 saturated heterocycles. The summed E-state index contributed by atoms with van der Waals surface area (Å²) >= 11 is 0. The van der Waals surface area contributed by atoms with Crippen molar-refractivity contribution in [3.05, 3.63) is 59.7 Å². The molecular weight excluding hydrogens is 465 g/mol. The summed E-state index contributed by atoms with van der Waals surface area (Å²) in [5.74, 6) is 3.75. The molecule has 5 nitrogen and oxygen atoms in total. The van der Waals surface area contributed by atoms with Crippen LogP contribution in [0, 0.1) is 5.92 Å². The summed E-state index contributed by atoms with van der Waals surface area (Å²) in [6.45, 7) is 1.76. The highest BCUT2D eigenvalue weighted by Crippen LogP contribution is 2.46. The first-order valence-corrected chi connectivity index (χ1v) is 9.45. The number of aliphatic imine (C=N–C) groups is 1. The van der Waals surface area contributed by atoms with E-state index in [9.17, 15) is 0 Å². The fourth-order valence-electron chi connectivity index (χ4n) is 3.39. The normalized spacial score (nSPS) is 18.0. The van der Waals surface area contributed by atoms with Gasteiger partial charge in [0.1, 0.15) is 0 Å². The molecule has 0 amide bonds. The lowest BCUT2D eigenvalue weighted by Gasteiger charge is -2.13. The van der Waals surface area contributed by atoms with Crippen molar-refractivity contribution in [2.75, 3.05) is 34.4 Å². The molecule has 0 spiro atoms. The summed E-state index contributed by atoms with van der Waals surface area (Å²) in [4.78, 5) is 4.33. The van der Waals surface area contributed by atoms with Gasteiger partial charge in [-0.3, -0.25) is 4.99 Å². The molecule has 3 rings (SSSR count). The number of guanidine groups is 1. The summed E-state index contributed by atoms with van der Waals surface area (Å²) in [5, 5.41) is 6.84. The highest BCUT2D eigenvalue weighted by molar-refractivity contribution is 14.0. The number of nitrogens with zero attached hydrogens (tertiary/aromatic N) is 1. The van der Waals surface area contributed by atoms with Gasteiger partial charge in [-0.05, 0) is 47.9 Å². The molecule has 2 atom stereocenters. The van der Waals surface area contributed by atoms with Gasteiger partial charge < -0.3 is 20.1 Å². The van der Waals surface area contributed by atoms with Crippen LogP contribution in [0.4, 0.5) is 0 Å². The number of nitrogens with one attached hydrogen (secondary N) is 2. The van der Waals surface area contributed by atoms with Crippen LogP contribution in [-0.2, 0) is 6.42 Å². The fraction of sp³-hybridized carbons (Fsp3) is 0.409. The Hall–Kier alpha value is -1.96. The van der Waals surface area contributed by atoms with Gasteiger partial charge in [0.15, 0.2) is 17.5 Å². The molecule has 0 aromatic heterocycles. The molecule has 1 aliphatic carbocycles. The van der Waals surface area contributed by atoms with Crippen molar-refractivity contribution < 1.29 is 9.47 Å². The Morgan fingerprint density at radius 3 is 2.46 bits per heavy atom. The Labute approximate surface area is 184 Å². The van der Waals surface area contributed by atoms with Gasteiger partial charge >= 0.3 is 0 Å². The summed E-state index contributed by atoms with van der Waals surface area (Å²) in [6.07, 6.45) is 2.14. The number of ether oxygens (including phenoxy) is 2. The monoisotopic (exact) mass is 495 g/mol. The third-order valence-electron chi connectivity index (χ3n) is 5.06. The maximum absolute atomic E-state index is 5.36. The predicted molar refractivity (Wildman–Crippen MR) is 125 cm³/mol. The molecule has 2 aromatic rings. The maximum atomic E-state index is 5.36. The summed E-state index contributed by atoms with van der Waals surface area (Å²) < 4.78 is 10.6. The molecule has 0 heterocycles. The van der Waals surface area contributed by atoms with E-state index in [1.807, 2.05) is 19.2 Å². The zero-order chi connectivity index (χ0) is 19.1. The second kappa shape index (κ2) is 11.1. The van der Waals surface area contributed by atoms with E-state index in [2.05, 4.69) is 52.0 Å². The Balaban J connectivity index is 0.00000280. The van der Waals surface area contributed by atoms with Crippen LogP contribution in [0.2, 0.25) is 0 Å². The molecule has 28 heavy (non-hydrogen) atoms. The SMILES string of the molecule is CN=C(NCCc1ccc(OC)c(OC)c1)NCC1CC1c1ccccc1.I. The average Bonchev–Trinajstić information content (AvgIpc) is 3.50. The van der Waals surface area contributed by atoms with Gasteiger partial charge in [0.05, 0.1) is 14.2 Å². The average molecular weight is 495 g/mol. The van der Waals surface area contributed by atoms with Crippen molar-refractivity contribution in [3.63, 3.8) is 0 Å². The van der Waals surface area contributed by atoms with Crippen molar-refractivity contribution in [1.29, 1.82) is 0 Å². The van der Waals surface area contributed by atoms with Crippen LogP contribution in [0.15, 0.2) is 53.5 Å². The lowest BCUT2D eigenvalue weighted by atomic mass is 10.1. The smallest absolute Gasteiger partial charge is 0.190 e. The Morgan fingerprint density at radius 1 is 1.04 bits per heavy atom. The van der Waals surface area contributed by atoms with E-state index in [1.54, 1.807) is 14.2 Å². The Bertz CT molecular complexity index is 768. The summed E-state index contributed by atoms with van der Waals surface area (Å²) in [5.41, 5.74) is 2.64. The first-order chi connectivity index (χ1) is 13.2. The molecule has 152 valence electrons. The Morgan fingerprint density at radius 2 is 1.79 bits per heavy atom. The van der Waals surface area contributed by atoms with Crippen molar-refractivity contribution in [3.8, 4) is 11.5 Å². The van der Waals surface area contributed by atoms with Crippen molar-refractivity contribution in [2.45, 2.75) is 18.8 Å². The summed E-state index contributed by atoms with van der Waals surface area (Å²) in [6, 6.07) is 16.8. The molecule has 0 radical (unpaired) electrons. The van der Waals surface area contributed by atoms with Crippen LogP contribution in [0.25, 0.3) is 0 Å². The highest BCUT2D eigenvalue weighted by Gasteiger charge is 2.37. The molecular formula is C22H30IN3O2. The van der Waals surface area contributed by atoms with E-state index in [-0.39, 0.29) is 24.0 Å². The van der Waals surface area contributed by atoms with Gasteiger partial charge in [0.2, 0.25) is 0 Å². The quantitative estimate of drug-likeness (QED) is 0.332. The third-order valence-corrected chi connectivity index (χ3v) is 5.06. The minimum absolute atomic E-state index is 0. The molecule has 6 heteroatoms. The molecule has 1 fully saturated rings. The summed E-state index contributed by atoms with van der Waals surface area (Å²) in [7, 11) is 5.12. The largest absolute Gasteiger partial charge is 0.493 e. The molecule has 2 N–H and O–H groups in total. The maximum Gasteiger partial charge on any atom is 0.190 e. The van der Waals surface area contributed by atoms with Crippen LogP contribution in [0.5, 0.6) is 11.5 Å². The van der Waals surface area contributed by atoms with Crippen LogP contribution in [-0.4, -0.2) is 40.3 Å². The zero-order valence-electron chi connectivity index (χ0n) is 16.8. The van der Waals surface area contributed by atoms with Gasteiger partial charge in [0, 0.05) is 20.1 Å². The fourth-order valence-corrected chi connectivity index (χ4v) is 3.39. The van der Waals surface area contributed by atoms with E-state index in [1.165, 1.54) is 17.5 Å². The lowest BCUT2D eigenvalue weighted by Crippen LogP contribution is -2.39. The van der Waals surface area contributed by atoms with E-state index in [0.29, 0.717) is 11.8 Å². The van der Waals surface area contributed by atoms with Gasteiger partial charge in [-0.1, -0.05) is 36.4 Å². The number of halogens is 1. The minimum Gasteiger partial charge on any atom is -0.493 e. The van der Waals surface area contributed by atoms with E-state index < -0.39 is 0 Å². The van der Waals surface area contributed by atoms with Gasteiger partial charge in [-0.2, -0.15) is 0 Å². The highest BCUT2D eigenvalue weighted by atomic mass is 127. The van der Waals surface area contributed by atoms with Crippen LogP contribution >= 0.6 is 24.0 Å². The van der Waals surface area contributed by atoms with Crippen LogP contribution < -0.4 is 20.1 Å². The van der Waals surface area contributed by atoms with Gasteiger partial charge in [-0.15, -0.1) is 24.0 Å². The van der Waals surface area contributed by atoms with Crippen molar-refractivity contribution >= 4 is 29.9 Å². The third kappa shape index (κ3) is 6.02. The first-order valence-electron chi connectivity index (χ1n) is 9.45. The zero-order valence-corrected chi connectivity index (χ0v) is 19.1. The standard InChI is InChI=1S/C22H29N3O2.HI/c1-23-22(25-15-18-14-19(18)17-7-5-4-6-8-17)24-12-11-16-9-10-20(26-2)21(13-16)27-3;/h4-10,13,18-19H,11-12,14-15H2,1-3H3,(H2,23,24,25);1H.